The highest BCUT2D eigenvalue weighted by Crippen LogP contribution is 2.26. The summed E-state index contributed by atoms with van der Waals surface area (Å²) in [5, 5.41) is -0.00579. The van der Waals surface area contributed by atoms with E-state index in [-0.39, 0.29) is 10.9 Å². The highest BCUT2D eigenvalue weighted by atomic mass is 35.5. The van der Waals surface area contributed by atoms with Gasteiger partial charge in [0.2, 0.25) is 11.8 Å². The minimum absolute atomic E-state index is 0.00579. The molecular weight excluding hydrogens is 407 g/mol. The molecule has 0 atom stereocenters. The third kappa shape index (κ3) is 6.29. The Morgan fingerprint density at radius 2 is 2.00 bits per heavy atom. The number of hydrogen-bond donors (Lipinski definition) is 0. The largest absolute Gasteiger partial charge is 0.439 e. The molecule has 30 heavy (non-hydrogen) atoms. The molecule has 0 N–H and O–H groups in total. The molecule has 0 unspecified atom stereocenters. The van der Waals surface area contributed by atoms with Crippen LogP contribution in [0.25, 0.3) is 0 Å². The van der Waals surface area contributed by atoms with Gasteiger partial charge in [0.05, 0.1) is 5.02 Å². The van der Waals surface area contributed by atoms with Crippen molar-refractivity contribution in [1.82, 2.24) is 14.9 Å². The Kier molecular flexibility index (Phi) is 8.25. The smallest absolute Gasteiger partial charge is 0.224 e. The van der Waals surface area contributed by atoms with Crippen LogP contribution < -0.4 is 9.64 Å². The second-order valence-corrected chi connectivity index (χ2v) is 7.83. The predicted molar refractivity (Wildman–Crippen MR) is 116 cm³/mol. The monoisotopic (exact) mass is 434 g/mol. The lowest BCUT2D eigenvalue weighted by molar-refractivity contribution is -0.131. The molecule has 162 valence electrons. The van der Waals surface area contributed by atoms with Crippen molar-refractivity contribution in [3.8, 4) is 11.6 Å². The molecule has 1 saturated heterocycles. The molecule has 1 aliphatic rings. The summed E-state index contributed by atoms with van der Waals surface area (Å²) in [6.07, 6.45) is 7.39. The number of ether oxygens (including phenoxy) is 1. The van der Waals surface area contributed by atoms with Crippen LogP contribution in [0.15, 0.2) is 30.6 Å². The minimum atomic E-state index is -0.499. The summed E-state index contributed by atoms with van der Waals surface area (Å²) in [5.74, 6) is 1.25. The maximum Gasteiger partial charge on any atom is 0.224 e. The SMILES string of the molecule is CCCCCCC(=O)N1CCCN(c2cc(Oc3ccc(F)c(Cl)c3)ncn2)CC1. The zero-order chi connectivity index (χ0) is 21.3. The first-order valence-corrected chi connectivity index (χ1v) is 10.9. The number of amides is 1. The second kappa shape index (κ2) is 11.1. The van der Waals surface area contributed by atoms with Crippen molar-refractivity contribution in [2.75, 3.05) is 31.1 Å². The van der Waals surface area contributed by atoms with E-state index in [4.69, 9.17) is 16.3 Å². The van der Waals surface area contributed by atoms with Crippen LogP contribution >= 0.6 is 11.6 Å². The summed E-state index contributed by atoms with van der Waals surface area (Å²) in [6.45, 7) is 5.13. The lowest BCUT2D eigenvalue weighted by atomic mass is 10.1. The third-order valence-electron chi connectivity index (χ3n) is 5.16. The Balaban J connectivity index is 1.58. The van der Waals surface area contributed by atoms with Crippen LogP contribution in [-0.4, -0.2) is 47.0 Å². The number of nitrogens with zero attached hydrogens (tertiary/aromatic N) is 4. The van der Waals surface area contributed by atoms with Gasteiger partial charge < -0.3 is 14.5 Å². The molecule has 6 nitrogen and oxygen atoms in total. The quantitative estimate of drug-likeness (QED) is 0.543. The molecule has 0 aliphatic carbocycles. The van der Waals surface area contributed by atoms with Crippen molar-refractivity contribution < 1.29 is 13.9 Å². The third-order valence-corrected chi connectivity index (χ3v) is 5.45. The summed E-state index contributed by atoms with van der Waals surface area (Å²) < 4.78 is 19.0. The highest BCUT2D eigenvalue weighted by molar-refractivity contribution is 6.30. The molecule has 3 rings (SSSR count). The molecular formula is C22H28ClFN4O2. The van der Waals surface area contributed by atoms with Crippen LogP contribution in [0.3, 0.4) is 0 Å². The average Bonchev–Trinajstić information content (AvgIpc) is 3.00. The summed E-state index contributed by atoms with van der Waals surface area (Å²) >= 11 is 5.81. The number of halogens is 2. The number of carbonyl (C=O) groups is 1. The van der Waals surface area contributed by atoms with Gasteiger partial charge in [-0.1, -0.05) is 37.8 Å². The van der Waals surface area contributed by atoms with Crippen molar-refractivity contribution >= 4 is 23.3 Å². The van der Waals surface area contributed by atoms with Gasteiger partial charge in [-0.15, -0.1) is 0 Å². The van der Waals surface area contributed by atoms with Crippen LogP contribution in [0.1, 0.15) is 45.4 Å². The van der Waals surface area contributed by atoms with Gasteiger partial charge in [0, 0.05) is 44.7 Å². The number of unbranched alkanes of at least 4 members (excludes halogenated alkanes) is 3. The van der Waals surface area contributed by atoms with E-state index in [0.717, 1.165) is 38.2 Å². The van der Waals surface area contributed by atoms with Crippen molar-refractivity contribution in [3.63, 3.8) is 0 Å². The molecule has 0 saturated carbocycles. The first-order valence-electron chi connectivity index (χ1n) is 10.5. The Bertz CT molecular complexity index is 852. The average molecular weight is 435 g/mol. The molecule has 1 amide bonds. The molecule has 8 heteroatoms. The van der Waals surface area contributed by atoms with Crippen LogP contribution in [-0.2, 0) is 4.79 Å². The number of hydrogen-bond acceptors (Lipinski definition) is 5. The van der Waals surface area contributed by atoms with Crippen molar-refractivity contribution in [1.29, 1.82) is 0 Å². The molecule has 0 radical (unpaired) electrons. The van der Waals surface area contributed by atoms with E-state index < -0.39 is 5.82 Å². The van der Waals surface area contributed by atoms with Crippen LogP contribution in [0.2, 0.25) is 5.02 Å². The summed E-state index contributed by atoms with van der Waals surface area (Å²) in [5.41, 5.74) is 0. The predicted octanol–water partition coefficient (Wildman–Crippen LogP) is 5.07. The van der Waals surface area contributed by atoms with Gasteiger partial charge >= 0.3 is 0 Å². The molecule has 1 fully saturated rings. The molecule has 0 bridgehead atoms. The van der Waals surface area contributed by atoms with Crippen molar-refractivity contribution in [2.24, 2.45) is 0 Å². The fraction of sp³-hybridized carbons (Fsp3) is 0.500. The fourth-order valence-electron chi connectivity index (χ4n) is 3.48. The summed E-state index contributed by atoms with van der Waals surface area (Å²) in [6, 6.07) is 5.91. The van der Waals surface area contributed by atoms with Crippen LogP contribution in [0.5, 0.6) is 11.6 Å². The Morgan fingerprint density at radius 3 is 2.80 bits per heavy atom. The van der Waals surface area contributed by atoms with E-state index in [1.54, 1.807) is 6.07 Å². The Labute approximate surface area is 182 Å². The van der Waals surface area contributed by atoms with Gasteiger partial charge in [0.25, 0.3) is 0 Å². The Hall–Kier alpha value is -2.41. The van der Waals surface area contributed by atoms with E-state index in [1.165, 1.54) is 37.4 Å². The van der Waals surface area contributed by atoms with E-state index in [1.807, 2.05) is 4.90 Å². The van der Waals surface area contributed by atoms with Gasteiger partial charge in [0.15, 0.2) is 0 Å². The van der Waals surface area contributed by atoms with Gasteiger partial charge in [-0.3, -0.25) is 4.79 Å². The van der Waals surface area contributed by atoms with Gasteiger partial charge in [0.1, 0.15) is 23.7 Å². The van der Waals surface area contributed by atoms with Crippen LogP contribution in [0.4, 0.5) is 10.2 Å². The lowest BCUT2D eigenvalue weighted by Gasteiger charge is -2.23. The Morgan fingerprint density at radius 1 is 1.13 bits per heavy atom. The van der Waals surface area contributed by atoms with Crippen molar-refractivity contribution in [2.45, 2.75) is 45.4 Å². The first-order chi connectivity index (χ1) is 14.6. The van der Waals surface area contributed by atoms with Crippen molar-refractivity contribution in [3.05, 3.63) is 41.4 Å². The first kappa shape index (κ1) is 22.3. The normalized spacial score (nSPS) is 14.5. The second-order valence-electron chi connectivity index (χ2n) is 7.42. The van der Waals surface area contributed by atoms with E-state index in [2.05, 4.69) is 21.8 Å². The van der Waals surface area contributed by atoms with E-state index in [9.17, 15) is 9.18 Å². The maximum absolute atomic E-state index is 13.3. The van der Waals surface area contributed by atoms with Gasteiger partial charge in [-0.2, -0.15) is 0 Å². The fourth-order valence-corrected chi connectivity index (χ4v) is 3.65. The zero-order valence-electron chi connectivity index (χ0n) is 17.3. The minimum Gasteiger partial charge on any atom is -0.439 e. The number of anilines is 1. The maximum atomic E-state index is 13.3. The van der Waals surface area contributed by atoms with E-state index in [0.29, 0.717) is 31.1 Å². The zero-order valence-corrected chi connectivity index (χ0v) is 18.1. The number of carbonyl (C=O) groups excluding carboxylic acids is 1. The van der Waals surface area contributed by atoms with Gasteiger partial charge in [-0.05, 0) is 25.0 Å². The molecule has 1 aromatic heterocycles. The molecule has 1 aromatic carbocycles. The highest BCUT2D eigenvalue weighted by Gasteiger charge is 2.20. The molecule has 2 heterocycles. The molecule has 0 spiro atoms. The van der Waals surface area contributed by atoms with Gasteiger partial charge in [-0.25, -0.2) is 14.4 Å². The van der Waals surface area contributed by atoms with Crippen LogP contribution in [0, 0.1) is 5.82 Å². The summed E-state index contributed by atoms with van der Waals surface area (Å²) in [4.78, 5) is 25.1. The standard InChI is InChI=1S/C22H28ClFN4O2/c1-2-3-4-5-7-22(29)28-11-6-10-27(12-13-28)20-15-21(26-16-25-20)30-17-8-9-19(24)18(23)14-17/h8-9,14-16H,2-7,10-13H2,1H3. The summed E-state index contributed by atoms with van der Waals surface area (Å²) in [7, 11) is 0. The topological polar surface area (TPSA) is 58.6 Å². The lowest BCUT2D eigenvalue weighted by Crippen LogP contribution is -2.35. The van der Waals surface area contributed by atoms with E-state index >= 15 is 0 Å². The number of rotatable bonds is 8. The number of benzene rings is 1. The molecule has 1 aliphatic heterocycles. The molecule has 2 aromatic rings. The number of aromatic nitrogens is 2.